The van der Waals surface area contributed by atoms with Crippen LogP contribution in [0.4, 0.5) is 11.6 Å². The molecule has 0 unspecified atom stereocenters. The number of aryl methyl sites for hydroxylation is 3. The van der Waals surface area contributed by atoms with Crippen molar-refractivity contribution in [2.75, 3.05) is 12.4 Å². The molecule has 7 nitrogen and oxygen atoms in total. The number of ketones is 1. The van der Waals surface area contributed by atoms with Gasteiger partial charge in [0.1, 0.15) is 5.75 Å². The van der Waals surface area contributed by atoms with Gasteiger partial charge >= 0.3 is 0 Å². The second-order valence-corrected chi connectivity index (χ2v) is 7.35. The minimum absolute atomic E-state index is 0.0993. The van der Waals surface area contributed by atoms with Gasteiger partial charge in [-0.15, -0.1) is 0 Å². The molecule has 1 N–H and O–H groups in total. The predicted molar refractivity (Wildman–Crippen MR) is 116 cm³/mol. The Hall–Kier alpha value is -2.74. The Kier molecular flexibility index (Phi) is 6.98. The first-order valence-electron chi connectivity index (χ1n) is 9.54. The van der Waals surface area contributed by atoms with Gasteiger partial charge in [0.05, 0.1) is 23.5 Å². The second kappa shape index (κ2) is 9.65. The Morgan fingerprint density at radius 2 is 1.93 bits per heavy atom. The number of anilines is 2. The quantitative estimate of drug-likeness (QED) is 0.473. The Balaban J connectivity index is 1.68. The molecule has 0 aliphatic heterocycles. The highest BCUT2D eigenvalue weighted by Gasteiger charge is 2.13. The van der Waals surface area contributed by atoms with E-state index in [0.717, 1.165) is 40.7 Å². The molecule has 0 fully saturated rings. The third-order valence-electron chi connectivity index (χ3n) is 4.58. The molecule has 0 aliphatic rings. The maximum atomic E-state index is 12.1. The number of nitrogens with zero attached hydrogens (tertiary/aromatic N) is 4. The SMILES string of the molecule is CCC(=O)c1cc(CCc2cnc(Nc3cnn(CC)c3)nc2)c(Br)c(OC)c1. The van der Waals surface area contributed by atoms with Crippen molar-refractivity contribution in [3.05, 3.63) is 58.1 Å². The van der Waals surface area contributed by atoms with Crippen LogP contribution in [-0.4, -0.2) is 32.6 Å². The maximum absolute atomic E-state index is 12.1. The lowest BCUT2D eigenvalue weighted by molar-refractivity contribution is 0.0987. The molecule has 2 heterocycles. The predicted octanol–water partition coefficient (Wildman–Crippen LogP) is 4.59. The number of Topliss-reactive ketones (excluding diaryl/α,β-unsaturated/α-hetero) is 1. The zero-order valence-electron chi connectivity index (χ0n) is 16.8. The fourth-order valence-electron chi connectivity index (χ4n) is 2.91. The summed E-state index contributed by atoms with van der Waals surface area (Å²) in [5.41, 5.74) is 3.56. The van der Waals surface area contributed by atoms with Gasteiger partial charge in [-0.2, -0.15) is 5.10 Å². The van der Waals surface area contributed by atoms with Crippen molar-refractivity contribution in [3.8, 4) is 5.75 Å². The molecule has 3 rings (SSSR count). The Bertz CT molecular complexity index is 985. The molecule has 0 atom stereocenters. The molecule has 29 heavy (non-hydrogen) atoms. The van der Waals surface area contributed by atoms with Gasteiger partial charge in [-0.05, 0) is 59.0 Å². The molecular weight excluding hydrogens is 434 g/mol. The van der Waals surface area contributed by atoms with Gasteiger partial charge in [0.15, 0.2) is 5.78 Å². The largest absolute Gasteiger partial charge is 0.496 e. The lowest BCUT2D eigenvalue weighted by atomic mass is 10.0. The number of aromatic nitrogens is 4. The Morgan fingerprint density at radius 3 is 2.55 bits per heavy atom. The van der Waals surface area contributed by atoms with E-state index in [-0.39, 0.29) is 5.78 Å². The van der Waals surface area contributed by atoms with Crippen molar-refractivity contribution >= 4 is 33.3 Å². The van der Waals surface area contributed by atoms with E-state index in [2.05, 4.69) is 36.3 Å². The first-order valence-corrected chi connectivity index (χ1v) is 10.3. The molecule has 0 saturated heterocycles. The summed E-state index contributed by atoms with van der Waals surface area (Å²) in [6.07, 6.45) is 9.23. The van der Waals surface area contributed by atoms with Crippen molar-refractivity contribution in [3.63, 3.8) is 0 Å². The van der Waals surface area contributed by atoms with Crippen LogP contribution in [-0.2, 0) is 19.4 Å². The van der Waals surface area contributed by atoms with Gasteiger partial charge in [-0.3, -0.25) is 9.48 Å². The summed E-state index contributed by atoms with van der Waals surface area (Å²) in [5, 5.41) is 7.36. The summed E-state index contributed by atoms with van der Waals surface area (Å²) in [6, 6.07) is 3.71. The van der Waals surface area contributed by atoms with Crippen molar-refractivity contribution in [2.45, 2.75) is 39.7 Å². The van der Waals surface area contributed by atoms with Crippen LogP contribution < -0.4 is 10.1 Å². The van der Waals surface area contributed by atoms with E-state index in [1.165, 1.54) is 0 Å². The highest BCUT2D eigenvalue weighted by molar-refractivity contribution is 9.10. The maximum Gasteiger partial charge on any atom is 0.227 e. The third-order valence-corrected chi connectivity index (χ3v) is 5.48. The normalized spacial score (nSPS) is 10.8. The van der Waals surface area contributed by atoms with Crippen molar-refractivity contribution in [1.82, 2.24) is 19.7 Å². The summed E-state index contributed by atoms with van der Waals surface area (Å²) < 4.78 is 8.12. The summed E-state index contributed by atoms with van der Waals surface area (Å²) >= 11 is 3.59. The lowest BCUT2D eigenvalue weighted by Crippen LogP contribution is -2.03. The van der Waals surface area contributed by atoms with Crippen LogP contribution in [0.2, 0.25) is 0 Å². The van der Waals surface area contributed by atoms with E-state index >= 15 is 0 Å². The van der Waals surface area contributed by atoms with Crippen LogP contribution in [0.1, 0.15) is 41.8 Å². The first kappa shape index (κ1) is 21.0. The topological polar surface area (TPSA) is 81.9 Å². The number of hydrogen-bond acceptors (Lipinski definition) is 6. The highest BCUT2D eigenvalue weighted by atomic mass is 79.9. The lowest BCUT2D eigenvalue weighted by Gasteiger charge is -2.12. The highest BCUT2D eigenvalue weighted by Crippen LogP contribution is 2.31. The first-order chi connectivity index (χ1) is 14.0. The summed E-state index contributed by atoms with van der Waals surface area (Å²) in [6.45, 7) is 4.70. The van der Waals surface area contributed by atoms with Crippen LogP contribution in [0.5, 0.6) is 5.75 Å². The van der Waals surface area contributed by atoms with E-state index in [0.29, 0.717) is 23.7 Å². The van der Waals surface area contributed by atoms with Crippen LogP contribution in [0.15, 0.2) is 41.4 Å². The number of ether oxygens (including phenoxy) is 1. The van der Waals surface area contributed by atoms with E-state index in [4.69, 9.17) is 4.74 Å². The standard InChI is InChI=1S/C21H24BrN5O2/c1-4-18(28)16-8-15(20(22)19(9-16)29-3)7-6-14-10-23-21(24-11-14)26-17-12-25-27(5-2)13-17/h8-13H,4-7H2,1-3H3,(H,23,24,26). The smallest absolute Gasteiger partial charge is 0.227 e. The minimum atomic E-state index is 0.0993. The van der Waals surface area contributed by atoms with E-state index in [9.17, 15) is 4.79 Å². The van der Waals surface area contributed by atoms with E-state index < -0.39 is 0 Å². The number of nitrogens with one attached hydrogen (secondary N) is 1. The summed E-state index contributed by atoms with van der Waals surface area (Å²) in [7, 11) is 1.61. The number of hydrogen-bond donors (Lipinski definition) is 1. The fourth-order valence-corrected chi connectivity index (χ4v) is 3.50. The molecule has 2 aromatic heterocycles. The fraction of sp³-hybridized carbons (Fsp3) is 0.333. The second-order valence-electron chi connectivity index (χ2n) is 6.55. The van der Waals surface area contributed by atoms with Gasteiger partial charge in [0.2, 0.25) is 5.95 Å². The van der Waals surface area contributed by atoms with Gasteiger partial charge < -0.3 is 10.1 Å². The van der Waals surface area contributed by atoms with E-state index in [1.54, 1.807) is 19.4 Å². The van der Waals surface area contributed by atoms with Crippen molar-refractivity contribution < 1.29 is 9.53 Å². The van der Waals surface area contributed by atoms with Crippen LogP contribution >= 0.6 is 15.9 Å². The average Bonchev–Trinajstić information content (AvgIpc) is 3.21. The van der Waals surface area contributed by atoms with Gasteiger partial charge in [-0.1, -0.05) is 6.92 Å². The van der Waals surface area contributed by atoms with Crippen LogP contribution in [0.25, 0.3) is 0 Å². The minimum Gasteiger partial charge on any atom is -0.496 e. The van der Waals surface area contributed by atoms with Gasteiger partial charge in [0.25, 0.3) is 0 Å². The van der Waals surface area contributed by atoms with Crippen LogP contribution in [0.3, 0.4) is 0 Å². The number of benzene rings is 1. The number of rotatable bonds is 9. The number of methoxy groups -OCH3 is 1. The number of carbonyl (C=O) groups excluding carboxylic acids is 1. The molecule has 3 aromatic rings. The molecule has 0 radical (unpaired) electrons. The summed E-state index contributed by atoms with van der Waals surface area (Å²) in [4.78, 5) is 20.9. The zero-order chi connectivity index (χ0) is 20.8. The molecule has 0 aliphatic carbocycles. The van der Waals surface area contributed by atoms with Crippen molar-refractivity contribution in [1.29, 1.82) is 0 Å². The monoisotopic (exact) mass is 457 g/mol. The zero-order valence-corrected chi connectivity index (χ0v) is 18.4. The molecule has 0 bridgehead atoms. The van der Waals surface area contributed by atoms with Crippen LogP contribution in [0, 0.1) is 0 Å². The number of carbonyl (C=O) groups is 1. The number of halogens is 1. The molecule has 152 valence electrons. The average molecular weight is 458 g/mol. The molecule has 8 heteroatoms. The molecule has 0 spiro atoms. The molecule has 0 amide bonds. The van der Waals surface area contributed by atoms with Crippen molar-refractivity contribution in [2.24, 2.45) is 0 Å². The van der Waals surface area contributed by atoms with E-state index in [1.807, 2.05) is 43.2 Å². The molecular formula is C21H24BrN5O2. The Labute approximate surface area is 178 Å². The van der Waals surface area contributed by atoms with Gasteiger partial charge in [-0.25, -0.2) is 9.97 Å². The summed E-state index contributed by atoms with van der Waals surface area (Å²) in [5.74, 6) is 1.30. The third kappa shape index (κ3) is 5.20. The van der Waals surface area contributed by atoms with Gasteiger partial charge in [0, 0.05) is 37.1 Å². The Morgan fingerprint density at radius 1 is 1.17 bits per heavy atom. The molecule has 1 aromatic carbocycles. The molecule has 0 saturated carbocycles.